The van der Waals surface area contributed by atoms with Gasteiger partial charge in [-0.15, -0.1) is 0 Å². The summed E-state index contributed by atoms with van der Waals surface area (Å²) in [7, 11) is 0. The summed E-state index contributed by atoms with van der Waals surface area (Å²) in [6, 6.07) is 6.22. The molecule has 0 saturated heterocycles. The van der Waals surface area contributed by atoms with E-state index in [0.717, 1.165) is 10.7 Å². The molecule has 1 aromatic carbocycles. The number of carbonyl (C=O) groups is 4. The number of benzene rings is 1. The molecule has 194 valence electrons. The fraction of sp³-hybridized carbons (Fsp3) is 0.333. The van der Waals surface area contributed by atoms with Gasteiger partial charge in [-0.25, -0.2) is 13.9 Å². The predicted molar refractivity (Wildman–Crippen MR) is 127 cm³/mol. The maximum absolute atomic E-state index is 14.3. The van der Waals surface area contributed by atoms with E-state index in [1.165, 1.54) is 6.07 Å². The van der Waals surface area contributed by atoms with Crippen LogP contribution in [0.15, 0.2) is 30.5 Å². The number of nitrogens with zero attached hydrogens (tertiary/aromatic N) is 3. The highest BCUT2D eigenvalue weighted by Crippen LogP contribution is 2.28. The fourth-order valence-electron chi connectivity index (χ4n) is 3.49. The average Bonchev–Trinajstić information content (AvgIpc) is 3.21. The first-order chi connectivity index (χ1) is 17.5. The summed E-state index contributed by atoms with van der Waals surface area (Å²) < 4.78 is 25.8. The molecule has 4 rings (SSSR count). The number of aromatic nitrogens is 3. The number of halogens is 1. The van der Waals surface area contributed by atoms with E-state index in [1.54, 1.807) is 39.0 Å². The third kappa shape index (κ3) is 6.18. The molecular weight excluding hydrogens is 487 g/mol. The molecule has 3 heterocycles. The molecule has 0 saturated carbocycles. The topological polar surface area (TPSA) is 153 Å². The van der Waals surface area contributed by atoms with Crippen LogP contribution in [0.1, 0.15) is 53.7 Å². The molecule has 37 heavy (non-hydrogen) atoms. The number of hydrogen-bond donors (Lipinski definition) is 3. The Bertz CT molecular complexity index is 1400. The number of anilines is 1. The zero-order valence-corrected chi connectivity index (χ0v) is 20.4. The summed E-state index contributed by atoms with van der Waals surface area (Å²) in [5.74, 6) is -2.43. The molecule has 1 aliphatic heterocycles. The summed E-state index contributed by atoms with van der Waals surface area (Å²) in [5.41, 5.74) is -0.174. The lowest BCUT2D eigenvalue weighted by Gasteiger charge is -2.19. The summed E-state index contributed by atoms with van der Waals surface area (Å²) in [6.45, 7) is 5.14. The molecule has 0 radical (unpaired) electrons. The summed E-state index contributed by atoms with van der Waals surface area (Å²) in [6.07, 6.45) is 0.801. The monoisotopic (exact) mass is 512 g/mol. The fourth-order valence-corrected chi connectivity index (χ4v) is 3.49. The largest absolute Gasteiger partial charge is 0.482 e. The van der Waals surface area contributed by atoms with E-state index in [0.29, 0.717) is 17.0 Å². The van der Waals surface area contributed by atoms with Crippen LogP contribution in [0.2, 0.25) is 0 Å². The van der Waals surface area contributed by atoms with Gasteiger partial charge in [-0.2, -0.15) is 5.10 Å². The Hall–Kier alpha value is -4.55. The normalized spacial score (nSPS) is 12.8. The third-order valence-electron chi connectivity index (χ3n) is 5.06. The van der Waals surface area contributed by atoms with E-state index in [9.17, 15) is 23.6 Å². The quantitative estimate of drug-likeness (QED) is 0.404. The SMILES string of the molecule is CC(C)(C)OC(=O)CCNC(=O)c1cc(C(=O)NCc2ccc3c(c2)NC(=O)CO3)nc2c(F)cnn12. The summed E-state index contributed by atoms with van der Waals surface area (Å²) in [4.78, 5) is 53.1. The van der Waals surface area contributed by atoms with Gasteiger partial charge in [-0.1, -0.05) is 6.07 Å². The minimum absolute atomic E-state index is 0.0403. The number of carbonyl (C=O) groups excluding carboxylic acids is 4. The van der Waals surface area contributed by atoms with E-state index in [1.807, 2.05) is 0 Å². The standard InChI is InChI=1S/C24H25FN6O6/c1-24(2,3)37-20(33)6-7-26-23(35)17-9-16(30-21-14(25)11-28-31(17)21)22(34)27-10-13-4-5-18-15(8-13)29-19(32)12-36-18/h4-5,8-9,11H,6-7,10,12H2,1-3H3,(H,26,35)(H,27,34)(H,29,32). The van der Waals surface area contributed by atoms with Crippen molar-refractivity contribution in [3.05, 3.63) is 53.2 Å². The molecule has 1 aliphatic rings. The van der Waals surface area contributed by atoms with E-state index < -0.39 is 29.2 Å². The highest BCUT2D eigenvalue weighted by Gasteiger charge is 2.21. The number of hydrogen-bond acceptors (Lipinski definition) is 8. The average molecular weight is 512 g/mol. The van der Waals surface area contributed by atoms with Crippen molar-refractivity contribution < 1.29 is 33.0 Å². The van der Waals surface area contributed by atoms with E-state index in [-0.39, 0.29) is 49.1 Å². The van der Waals surface area contributed by atoms with Crippen LogP contribution in [0.4, 0.5) is 10.1 Å². The van der Waals surface area contributed by atoms with Crippen LogP contribution in [0.25, 0.3) is 5.65 Å². The van der Waals surface area contributed by atoms with Crippen molar-refractivity contribution >= 4 is 35.0 Å². The summed E-state index contributed by atoms with van der Waals surface area (Å²) in [5, 5.41) is 11.7. The van der Waals surface area contributed by atoms with Crippen molar-refractivity contribution in [2.75, 3.05) is 18.5 Å². The van der Waals surface area contributed by atoms with Crippen molar-refractivity contribution in [2.45, 2.75) is 39.3 Å². The number of fused-ring (bicyclic) bond motifs is 2. The van der Waals surface area contributed by atoms with Crippen molar-refractivity contribution in [3.8, 4) is 5.75 Å². The minimum atomic E-state index is -0.817. The van der Waals surface area contributed by atoms with E-state index in [2.05, 4.69) is 26.0 Å². The molecule has 0 unspecified atom stereocenters. The zero-order valence-electron chi connectivity index (χ0n) is 20.4. The molecule has 0 spiro atoms. The van der Waals surface area contributed by atoms with Gasteiger partial charge < -0.3 is 25.4 Å². The van der Waals surface area contributed by atoms with Gasteiger partial charge in [0.25, 0.3) is 17.7 Å². The molecular formula is C24H25FN6O6. The van der Waals surface area contributed by atoms with Crippen LogP contribution in [-0.2, 0) is 20.9 Å². The van der Waals surface area contributed by atoms with Crippen molar-refractivity contribution in [1.29, 1.82) is 0 Å². The van der Waals surface area contributed by atoms with Crippen molar-refractivity contribution in [2.24, 2.45) is 0 Å². The molecule has 13 heteroatoms. The molecule has 0 bridgehead atoms. The molecule has 12 nitrogen and oxygen atoms in total. The first-order valence-electron chi connectivity index (χ1n) is 11.4. The molecule has 0 aliphatic carbocycles. The second kappa shape index (κ2) is 10.2. The smallest absolute Gasteiger partial charge is 0.308 e. The second-order valence-corrected chi connectivity index (χ2v) is 9.20. The Morgan fingerprint density at radius 2 is 1.97 bits per heavy atom. The van der Waals surface area contributed by atoms with Crippen LogP contribution >= 0.6 is 0 Å². The lowest BCUT2D eigenvalue weighted by Crippen LogP contribution is -2.31. The van der Waals surface area contributed by atoms with Gasteiger partial charge in [0.2, 0.25) is 0 Å². The Morgan fingerprint density at radius 1 is 1.19 bits per heavy atom. The molecule has 2 aromatic heterocycles. The van der Waals surface area contributed by atoms with E-state index in [4.69, 9.17) is 9.47 Å². The first-order valence-corrected chi connectivity index (χ1v) is 11.4. The van der Waals surface area contributed by atoms with E-state index >= 15 is 0 Å². The first kappa shape index (κ1) is 25.5. The van der Waals surface area contributed by atoms with Gasteiger partial charge in [-0.05, 0) is 38.5 Å². The predicted octanol–water partition coefficient (Wildman–Crippen LogP) is 1.59. The Morgan fingerprint density at radius 3 is 2.73 bits per heavy atom. The molecule has 0 atom stereocenters. The van der Waals surface area contributed by atoms with Crippen LogP contribution in [0.3, 0.4) is 0 Å². The van der Waals surface area contributed by atoms with Crippen LogP contribution < -0.4 is 20.7 Å². The zero-order chi connectivity index (χ0) is 26.7. The Labute approximate surface area is 210 Å². The van der Waals surface area contributed by atoms with Gasteiger partial charge in [0, 0.05) is 19.2 Å². The highest BCUT2D eigenvalue weighted by molar-refractivity contribution is 5.98. The number of ether oxygens (including phenoxy) is 2. The van der Waals surface area contributed by atoms with Gasteiger partial charge in [0.05, 0.1) is 18.3 Å². The van der Waals surface area contributed by atoms with Crippen LogP contribution in [0, 0.1) is 5.82 Å². The van der Waals surface area contributed by atoms with Gasteiger partial charge in [-0.3, -0.25) is 19.2 Å². The summed E-state index contributed by atoms with van der Waals surface area (Å²) >= 11 is 0. The lowest BCUT2D eigenvalue weighted by atomic mass is 10.1. The maximum atomic E-state index is 14.3. The highest BCUT2D eigenvalue weighted by atomic mass is 19.1. The molecule has 3 amide bonds. The maximum Gasteiger partial charge on any atom is 0.308 e. The number of amides is 3. The molecule has 3 N–H and O–H groups in total. The van der Waals surface area contributed by atoms with Crippen LogP contribution in [-0.4, -0.2) is 57.0 Å². The number of rotatable bonds is 7. The van der Waals surface area contributed by atoms with Crippen LogP contribution in [0.5, 0.6) is 5.75 Å². The number of nitrogens with one attached hydrogen (secondary N) is 3. The molecule has 0 fully saturated rings. The molecule has 3 aromatic rings. The Kier molecular flexibility index (Phi) is 7.05. The van der Waals surface area contributed by atoms with Gasteiger partial charge in [0.15, 0.2) is 18.1 Å². The van der Waals surface area contributed by atoms with Gasteiger partial charge >= 0.3 is 5.97 Å². The second-order valence-electron chi connectivity index (χ2n) is 9.20. The lowest BCUT2D eigenvalue weighted by molar-refractivity contribution is -0.154. The number of esters is 1. The van der Waals surface area contributed by atoms with Gasteiger partial charge in [0.1, 0.15) is 22.7 Å². The minimum Gasteiger partial charge on any atom is -0.482 e. The third-order valence-corrected chi connectivity index (χ3v) is 5.06. The van der Waals surface area contributed by atoms with Crippen molar-refractivity contribution in [3.63, 3.8) is 0 Å². The Balaban J connectivity index is 1.46. The van der Waals surface area contributed by atoms with Crippen molar-refractivity contribution in [1.82, 2.24) is 25.2 Å².